The van der Waals surface area contributed by atoms with Gasteiger partial charge in [0.2, 0.25) is 11.8 Å². The second-order valence-corrected chi connectivity index (χ2v) is 12.1. The number of hydrogen-bond donors (Lipinski definition) is 2. The van der Waals surface area contributed by atoms with Crippen molar-refractivity contribution in [2.45, 2.75) is 70.6 Å². The number of epoxide rings is 1. The molecule has 12 unspecified atom stereocenters. The molecule has 0 aromatic carbocycles. The minimum Gasteiger partial charge on any atom is -0.369 e. The summed E-state index contributed by atoms with van der Waals surface area (Å²) in [5, 5.41) is 5.57. The molecule has 6 rings (SSSR count). The molecule has 0 aromatic rings. The SMILES string of the molecule is CCC1C(C)CC2C3CC4/C=C/C(=O)C5C(=O)NC(CCCNC(=O)/C=C\CC4C3C3OC3C12)C5=O. The Morgan fingerprint density at radius 1 is 1.00 bits per heavy atom. The van der Waals surface area contributed by atoms with Gasteiger partial charge in [-0.3, -0.25) is 19.2 Å². The average molecular weight is 495 g/mol. The predicted octanol–water partition coefficient (Wildman–Crippen LogP) is 2.60. The van der Waals surface area contributed by atoms with E-state index in [0.717, 1.165) is 18.8 Å². The van der Waals surface area contributed by atoms with E-state index in [1.165, 1.54) is 18.9 Å². The van der Waals surface area contributed by atoms with Gasteiger partial charge in [-0.2, -0.15) is 0 Å². The quantitative estimate of drug-likeness (QED) is 0.431. The maximum atomic E-state index is 13.0. The molecule has 3 aliphatic carbocycles. The number of ketones is 2. The molecule has 0 aromatic heterocycles. The van der Waals surface area contributed by atoms with Gasteiger partial charge < -0.3 is 15.4 Å². The van der Waals surface area contributed by atoms with E-state index >= 15 is 0 Å². The van der Waals surface area contributed by atoms with Crippen molar-refractivity contribution >= 4 is 23.4 Å². The third-order valence-electron chi connectivity index (χ3n) is 10.4. The lowest BCUT2D eigenvalue weighted by Crippen LogP contribution is -2.39. The number of ether oxygens (including phenoxy) is 1. The Bertz CT molecular complexity index is 1020. The topological polar surface area (TPSA) is 105 Å². The van der Waals surface area contributed by atoms with Crippen LogP contribution in [0.15, 0.2) is 24.3 Å². The van der Waals surface area contributed by atoms with Crippen LogP contribution in [0, 0.1) is 53.3 Å². The second-order valence-electron chi connectivity index (χ2n) is 12.1. The number of hydrogen-bond acceptors (Lipinski definition) is 5. The van der Waals surface area contributed by atoms with E-state index < -0.39 is 23.7 Å². The highest BCUT2D eigenvalue weighted by molar-refractivity contribution is 6.26. The lowest BCUT2D eigenvalue weighted by Gasteiger charge is -2.36. The zero-order chi connectivity index (χ0) is 25.1. The van der Waals surface area contributed by atoms with Crippen molar-refractivity contribution in [3.63, 3.8) is 0 Å². The number of carbonyl (C=O) groups is 4. The van der Waals surface area contributed by atoms with Crippen LogP contribution in [0.5, 0.6) is 0 Å². The van der Waals surface area contributed by atoms with Crippen LogP contribution in [0.3, 0.4) is 0 Å². The Balaban J connectivity index is 1.29. The maximum absolute atomic E-state index is 13.0. The number of rotatable bonds is 1. The van der Waals surface area contributed by atoms with Crippen LogP contribution in [0.2, 0.25) is 0 Å². The summed E-state index contributed by atoms with van der Waals surface area (Å²) in [6.45, 7) is 5.13. The summed E-state index contributed by atoms with van der Waals surface area (Å²) in [5.74, 6) is 1.55. The van der Waals surface area contributed by atoms with Gasteiger partial charge in [0.15, 0.2) is 17.5 Å². The van der Waals surface area contributed by atoms with Gasteiger partial charge in [-0.15, -0.1) is 0 Å². The molecule has 3 aliphatic heterocycles. The van der Waals surface area contributed by atoms with Crippen LogP contribution in [0.4, 0.5) is 0 Å². The van der Waals surface area contributed by atoms with E-state index in [2.05, 4.69) is 24.5 Å². The lowest BCUT2D eigenvalue weighted by molar-refractivity contribution is -0.134. The zero-order valence-electron chi connectivity index (χ0n) is 21.2. The second kappa shape index (κ2) is 9.23. The maximum Gasteiger partial charge on any atom is 0.243 e. The molecule has 7 heteroatoms. The van der Waals surface area contributed by atoms with Crippen LogP contribution >= 0.6 is 0 Å². The third kappa shape index (κ3) is 3.89. The average Bonchev–Trinajstić information content (AvgIpc) is 3.32. The van der Waals surface area contributed by atoms with Gasteiger partial charge in [0.25, 0.3) is 0 Å². The lowest BCUT2D eigenvalue weighted by atomic mass is 9.65. The summed E-state index contributed by atoms with van der Waals surface area (Å²) in [4.78, 5) is 50.7. The van der Waals surface area contributed by atoms with Crippen molar-refractivity contribution < 1.29 is 23.9 Å². The van der Waals surface area contributed by atoms with E-state index in [1.807, 2.05) is 12.2 Å². The van der Waals surface area contributed by atoms with E-state index in [0.29, 0.717) is 55.1 Å². The van der Waals surface area contributed by atoms with Gasteiger partial charge in [0.05, 0.1) is 18.2 Å². The molecule has 5 fully saturated rings. The van der Waals surface area contributed by atoms with Gasteiger partial charge in [0, 0.05) is 6.54 Å². The van der Waals surface area contributed by atoms with Crippen molar-refractivity contribution in [1.29, 1.82) is 0 Å². The Kier molecular flexibility index (Phi) is 6.17. The molecule has 2 saturated heterocycles. The van der Waals surface area contributed by atoms with E-state index in [9.17, 15) is 19.2 Å². The van der Waals surface area contributed by atoms with Gasteiger partial charge >= 0.3 is 0 Å². The third-order valence-corrected chi connectivity index (χ3v) is 10.4. The van der Waals surface area contributed by atoms with Crippen LogP contribution in [0.25, 0.3) is 0 Å². The molecule has 3 saturated carbocycles. The van der Waals surface area contributed by atoms with Gasteiger partial charge in [-0.1, -0.05) is 32.4 Å². The van der Waals surface area contributed by atoms with Crippen LogP contribution in [-0.4, -0.2) is 48.2 Å². The Labute approximate surface area is 212 Å². The van der Waals surface area contributed by atoms with Crippen molar-refractivity contribution in [3.05, 3.63) is 24.3 Å². The van der Waals surface area contributed by atoms with Crippen LogP contribution < -0.4 is 10.6 Å². The first-order chi connectivity index (χ1) is 17.4. The van der Waals surface area contributed by atoms with Crippen molar-refractivity contribution in [1.82, 2.24) is 10.6 Å². The minimum absolute atomic E-state index is 0.127. The highest BCUT2D eigenvalue weighted by Crippen LogP contribution is 2.66. The summed E-state index contributed by atoms with van der Waals surface area (Å²) < 4.78 is 6.39. The molecule has 194 valence electrons. The van der Waals surface area contributed by atoms with Crippen molar-refractivity contribution in [2.75, 3.05) is 6.54 Å². The van der Waals surface area contributed by atoms with Crippen molar-refractivity contribution in [2.24, 2.45) is 53.3 Å². The normalized spacial score (nSPS) is 49.8. The smallest absolute Gasteiger partial charge is 0.243 e. The summed E-state index contributed by atoms with van der Waals surface area (Å²) >= 11 is 0. The molecule has 0 spiro atoms. The first-order valence-electron chi connectivity index (χ1n) is 14.0. The molecule has 2 bridgehead atoms. The number of Topliss-reactive ketones (excluding diaryl/α,β-unsaturated/α-hetero) is 1. The molecule has 7 nitrogen and oxygen atoms in total. The molecule has 3 heterocycles. The molecular weight excluding hydrogens is 456 g/mol. The molecule has 2 N–H and O–H groups in total. The van der Waals surface area contributed by atoms with Gasteiger partial charge in [-0.25, -0.2) is 0 Å². The van der Waals surface area contributed by atoms with Gasteiger partial charge in [-0.05, 0) is 91.6 Å². The molecule has 6 aliphatic rings. The number of amides is 2. The highest BCUT2D eigenvalue weighted by Gasteiger charge is 2.67. The van der Waals surface area contributed by atoms with E-state index in [-0.39, 0.29) is 29.6 Å². The number of carbonyl (C=O) groups excluding carboxylic acids is 4. The fraction of sp³-hybridized carbons (Fsp3) is 0.724. The predicted molar refractivity (Wildman–Crippen MR) is 132 cm³/mol. The molecule has 12 atom stereocenters. The Hall–Kier alpha value is -2.28. The number of nitrogens with one attached hydrogen (secondary N) is 2. The summed E-state index contributed by atoms with van der Waals surface area (Å²) in [5.41, 5.74) is 0. The van der Waals surface area contributed by atoms with Crippen LogP contribution in [0.1, 0.15) is 52.4 Å². The molecule has 36 heavy (non-hydrogen) atoms. The highest BCUT2D eigenvalue weighted by atomic mass is 16.6. The number of allylic oxidation sites excluding steroid dienone is 3. The first-order valence-corrected chi connectivity index (χ1v) is 14.0. The largest absolute Gasteiger partial charge is 0.369 e. The Morgan fingerprint density at radius 2 is 1.78 bits per heavy atom. The standard InChI is InChI=1S/C29H38N2O5/c1-3-16-14(2)12-18-19-13-15-9-10-21(32)25-26(34)20(31-29(25)35)7-5-11-30-22(33)8-4-6-17(15)24(19)28-27(36-28)23(16)18/h4,8-10,14-20,23-25,27-28H,3,5-7,11-13H2,1-2H3,(H,30,33)(H,31,35)/b8-4-,10-9+. The van der Waals surface area contributed by atoms with Crippen molar-refractivity contribution in [3.8, 4) is 0 Å². The fourth-order valence-corrected chi connectivity index (χ4v) is 8.95. The van der Waals surface area contributed by atoms with E-state index in [4.69, 9.17) is 4.74 Å². The molecule has 0 radical (unpaired) electrons. The molecule has 2 amide bonds. The first kappa shape index (κ1) is 24.1. The monoisotopic (exact) mass is 494 g/mol. The zero-order valence-corrected chi connectivity index (χ0v) is 21.2. The summed E-state index contributed by atoms with van der Waals surface area (Å²) in [6, 6.07) is -0.654. The van der Waals surface area contributed by atoms with Crippen LogP contribution in [-0.2, 0) is 23.9 Å². The van der Waals surface area contributed by atoms with Gasteiger partial charge in [0.1, 0.15) is 0 Å². The number of fused-ring (bicyclic) bond motifs is 10. The Morgan fingerprint density at radius 3 is 2.58 bits per heavy atom. The summed E-state index contributed by atoms with van der Waals surface area (Å²) in [6.07, 6.45) is 12.9. The van der Waals surface area contributed by atoms with E-state index in [1.54, 1.807) is 6.08 Å². The fourth-order valence-electron chi connectivity index (χ4n) is 8.95. The molecular formula is C29H38N2O5. The minimum atomic E-state index is -1.24. The summed E-state index contributed by atoms with van der Waals surface area (Å²) in [7, 11) is 0.